The monoisotopic (exact) mass is 315 g/mol. The Hall–Kier alpha value is -1.16. The third-order valence-corrected chi connectivity index (χ3v) is 5.69. The first kappa shape index (κ1) is 14.4. The Morgan fingerprint density at radius 3 is 2.82 bits per heavy atom. The number of pyridine rings is 1. The van der Waals surface area contributed by atoms with Crippen LogP contribution in [0, 0.1) is 0 Å². The van der Waals surface area contributed by atoms with Crippen molar-refractivity contribution in [2.45, 2.75) is 43.7 Å². The zero-order valence-corrected chi connectivity index (χ0v) is 13.5. The summed E-state index contributed by atoms with van der Waals surface area (Å²) >= 11 is 6.12. The van der Waals surface area contributed by atoms with Crippen molar-refractivity contribution in [1.29, 1.82) is 0 Å². The fourth-order valence-electron chi connectivity index (χ4n) is 4.42. The standard InChI is InChI=1S/C18H22ClN3/c19-13-5-6-14-15(7-9-21-16(14)12-13)18(20)8-3-4-17(18)22-10-1-2-11-22/h5-7,9,12,17H,1-4,8,10-11,20H2. The van der Waals surface area contributed by atoms with E-state index in [1.807, 2.05) is 18.3 Å². The summed E-state index contributed by atoms with van der Waals surface area (Å²) in [6, 6.07) is 8.52. The molecule has 2 aromatic rings. The summed E-state index contributed by atoms with van der Waals surface area (Å²) in [6.45, 7) is 2.39. The quantitative estimate of drug-likeness (QED) is 0.919. The van der Waals surface area contributed by atoms with E-state index in [1.165, 1.54) is 44.3 Å². The molecule has 2 aliphatic rings. The third kappa shape index (κ3) is 2.23. The average Bonchev–Trinajstić information content (AvgIpc) is 3.16. The van der Waals surface area contributed by atoms with Crippen LogP contribution < -0.4 is 5.73 Å². The Bertz CT molecular complexity index is 696. The molecule has 4 rings (SSSR count). The van der Waals surface area contributed by atoms with E-state index in [1.54, 1.807) is 0 Å². The molecule has 1 saturated heterocycles. The second kappa shape index (κ2) is 5.48. The van der Waals surface area contributed by atoms with Crippen LogP contribution in [-0.2, 0) is 5.54 Å². The zero-order valence-electron chi connectivity index (χ0n) is 12.8. The van der Waals surface area contributed by atoms with E-state index >= 15 is 0 Å². The molecule has 2 N–H and O–H groups in total. The molecule has 0 bridgehead atoms. The van der Waals surface area contributed by atoms with Crippen molar-refractivity contribution >= 4 is 22.5 Å². The van der Waals surface area contributed by atoms with Gasteiger partial charge in [-0.3, -0.25) is 9.88 Å². The molecule has 1 saturated carbocycles. The minimum absolute atomic E-state index is 0.265. The lowest BCUT2D eigenvalue weighted by Crippen LogP contribution is -2.52. The summed E-state index contributed by atoms with van der Waals surface area (Å²) in [4.78, 5) is 7.08. The highest BCUT2D eigenvalue weighted by molar-refractivity contribution is 6.31. The smallest absolute Gasteiger partial charge is 0.0720 e. The summed E-state index contributed by atoms with van der Waals surface area (Å²) in [5, 5.41) is 1.88. The fourth-order valence-corrected chi connectivity index (χ4v) is 4.58. The highest BCUT2D eigenvalue weighted by Gasteiger charge is 2.45. The third-order valence-electron chi connectivity index (χ3n) is 5.45. The van der Waals surface area contributed by atoms with Crippen LogP contribution in [0.25, 0.3) is 10.9 Å². The van der Waals surface area contributed by atoms with Crippen molar-refractivity contribution in [3.05, 3.63) is 41.0 Å². The molecular weight excluding hydrogens is 294 g/mol. The maximum atomic E-state index is 7.01. The number of nitrogens with zero attached hydrogens (tertiary/aromatic N) is 2. The first-order valence-electron chi connectivity index (χ1n) is 8.26. The normalized spacial score (nSPS) is 29.5. The van der Waals surface area contributed by atoms with E-state index < -0.39 is 0 Å². The molecule has 0 amide bonds. The minimum Gasteiger partial charge on any atom is -0.320 e. The molecule has 0 spiro atoms. The van der Waals surface area contributed by atoms with Crippen LogP contribution in [0.3, 0.4) is 0 Å². The van der Waals surface area contributed by atoms with Gasteiger partial charge in [0.25, 0.3) is 0 Å². The SMILES string of the molecule is NC1(c2ccnc3cc(Cl)ccc23)CCCC1N1CCCC1. The summed E-state index contributed by atoms with van der Waals surface area (Å²) < 4.78 is 0. The predicted molar refractivity (Wildman–Crippen MR) is 91.1 cm³/mol. The number of likely N-dealkylation sites (tertiary alicyclic amines) is 1. The summed E-state index contributed by atoms with van der Waals surface area (Å²) in [5.41, 5.74) is 8.93. The lowest BCUT2D eigenvalue weighted by atomic mass is 9.83. The van der Waals surface area contributed by atoms with Gasteiger partial charge in [-0.05, 0) is 69.0 Å². The largest absolute Gasteiger partial charge is 0.320 e. The molecule has 2 heterocycles. The number of hydrogen-bond donors (Lipinski definition) is 1. The van der Waals surface area contributed by atoms with Crippen molar-refractivity contribution in [2.24, 2.45) is 5.73 Å². The van der Waals surface area contributed by atoms with Crippen LogP contribution in [-0.4, -0.2) is 29.0 Å². The van der Waals surface area contributed by atoms with Gasteiger partial charge in [-0.1, -0.05) is 17.7 Å². The molecule has 1 aromatic heterocycles. The van der Waals surface area contributed by atoms with Crippen molar-refractivity contribution in [1.82, 2.24) is 9.88 Å². The van der Waals surface area contributed by atoms with Crippen LogP contribution in [0.2, 0.25) is 5.02 Å². The Kier molecular flexibility index (Phi) is 3.60. The lowest BCUT2D eigenvalue weighted by Gasteiger charge is -2.38. The van der Waals surface area contributed by atoms with Crippen LogP contribution in [0.4, 0.5) is 0 Å². The van der Waals surface area contributed by atoms with Gasteiger partial charge < -0.3 is 5.73 Å². The van der Waals surface area contributed by atoms with Gasteiger partial charge in [-0.25, -0.2) is 0 Å². The molecule has 1 aliphatic heterocycles. The summed E-state index contributed by atoms with van der Waals surface area (Å²) in [6.07, 6.45) is 7.94. The van der Waals surface area contributed by atoms with E-state index in [4.69, 9.17) is 17.3 Å². The van der Waals surface area contributed by atoms with Crippen LogP contribution in [0.5, 0.6) is 0 Å². The highest BCUT2D eigenvalue weighted by Crippen LogP contribution is 2.43. The van der Waals surface area contributed by atoms with E-state index in [2.05, 4.69) is 22.0 Å². The van der Waals surface area contributed by atoms with E-state index in [0.717, 1.165) is 22.3 Å². The molecular formula is C18H22ClN3. The van der Waals surface area contributed by atoms with E-state index in [0.29, 0.717) is 6.04 Å². The Morgan fingerprint density at radius 1 is 1.18 bits per heavy atom. The van der Waals surface area contributed by atoms with Gasteiger partial charge in [-0.15, -0.1) is 0 Å². The Morgan fingerprint density at radius 2 is 2.00 bits per heavy atom. The molecule has 1 aliphatic carbocycles. The molecule has 2 fully saturated rings. The van der Waals surface area contributed by atoms with Gasteiger partial charge in [0.2, 0.25) is 0 Å². The Balaban J connectivity index is 1.82. The molecule has 0 radical (unpaired) electrons. The first-order chi connectivity index (χ1) is 10.7. The number of hydrogen-bond acceptors (Lipinski definition) is 3. The van der Waals surface area contributed by atoms with Gasteiger partial charge in [0.15, 0.2) is 0 Å². The second-order valence-electron chi connectivity index (χ2n) is 6.71. The second-order valence-corrected chi connectivity index (χ2v) is 7.15. The zero-order chi connectivity index (χ0) is 15.2. The van der Waals surface area contributed by atoms with Crippen LogP contribution in [0.1, 0.15) is 37.7 Å². The number of aromatic nitrogens is 1. The van der Waals surface area contributed by atoms with Gasteiger partial charge in [-0.2, -0.15) is 0 Å². The molecule has 3 nitrogen and oxygen atoms in total. The number of benzene rings is 1. The molecule has 2 unspecified atom stereocenters. The number of nitrogens with two attached hydrogens (primary N) is 1. The maximum Gasteiger partial charge on any atom is 0.0720 e. The predicted octanol–water partition coefficient (Wildman–Crippen LogP) is 3.69. The van der Waals surface area contributed by atoms with Crippen molar-refractivity contribution in [2.75, 3.05) is 13.1 Å². The lowest BCUT2D eigenvalue weighted by molar-refractivity contribution is 0.172. The molecule has 1 aromatic carbocycles. The average molecular weight is 316 g/mol. The fraction of sp³-hybridized carbons (Fsp3) is 0.500. The van der Waals surface area contributed by atoms with Gasteiger partial charge in [0.1, 0.15) is 0 Å². The molecule has 4 heteroatoms. The van der Waals surface area contributed by atoms with Crippen LogP contribution >= 0.6 is 11.6 Å². The first-order valence-corrected chi connectivity index (χ1v) is 8.64. The van der Waals surface area contributed by atoms with Gasteiger partial charge in [0, 0.05) is 22.6 Å². The van der Waals surface area contributed by atoms with Crippen molar-refractivity contribution in [3.63, 3.8) is 0 Å². The highest BCUT2D eigenvalue weighted by atomic mass is 35.5. The maximum absolute atomic E-state index is 7.01. The molecule has 2 atom stereocenters. The minimum atomic E-state index is -0.265. The van der Waals surface area contributed by atoms with Crippen molar-refractivity contribution < 1.29 is 0 Å². The topological polar surface area (TPSA) is 42.1 Å². The number of halogens is 1. The Labute approximate surface area is 136 Å². The van der Waals surface area contributed by atoms with E-state index in [9.17, 15) is 0 Å². The molecule has 116 valence electrons. The van der Waals surface area contributed by atoms with E-state index in [-0.39, 0.29) is 5.54 Å². The number of rotatable bonds is 2. The van der Waals surface area contributed by atoms with Gasteiger partial charge in [0.05, 0.1) is 11.1 Å². The number of fused-ring (bicyclic) bond motifs is 1. The van der Waals surface area contributed by atoms with Gasteiger partial charge >= 0.3 is 0 Å². The summed E-state index contributed by atoms with van der Waals surface area (Å²) in [7, 11) is 0. The van der Waals surface area contributed by atoms with Crippen LogP contribution in [0.15, 0.2) is 30.5 Å². The van der Waals surface area contributed by atoms with Crippen molar-refractivity contribution in [3.8, 4) is 0 Å². The summed E-state index contributed by atoms with van der Waals surface area (Å²) in [5.74, 6) is 0. The molecule has 22 heavy (non-hydrogen) atoms.